The Morgan fingerprint density at radius 2 is 1.88 bits per heavy atom. The van der Waals surface area contributed by atoms with Crippen LogP contribution in [0.15, 0.2) is 30.5 Å². The van der Waals surface area contributed by atoms with E-state index in [1.165, 1.54) is 0 Å². The molecule has 0 amide bonds. The summed E-state index contributed by atoms with van der Waals surface area (Å²) in [6.45, 7) is 3.86. The van der Waals surface area contributed by atoms with Gasteiger partial charge in [0.25, 0.3) is 0 Å². The molecule has 0 radical (unpaired) electrons. The van der Waals surface area contributed by atoms with Crippen LogP contribution in [-0.4, -0.2) is 9.97 Å². The summed E-state index contributed by atoms with van der Waals surface area (Å²) in [6, 6.07) is 7.96. The molecule has 0 atom stereocenters. The normalized spacial score (nSPS) is 10.3. The van der Waals surface area contributed by atoms with Gasteiger partial charge in [-0.1, -0.05) is 12.1 Å². The fraction of sp³-hybridized carbons (Fsp3) is 0.231. The smallest absolute Gasteiger partial charge is 0.152 e. The fourth-order valence-electron chi connectivity index (χ4n) is 1.47. The summed E-state index contributed by atoms with van der Waals surface area (Å²) < 4.78 is 0. The number of anilines is 2. The summed E-state index contributed by atoms with van der Waals surface area (Å²) in [5.41, 5.74) is 3.87. The number of hydrogen-bond donors (Lipinski definition) is 1. The van der Waals surface area contributed by atoms with Crippen molar-refractivity contribution >= 4 is 23.1 Å². The molecule has 1 N–H and O–H groups in total. The van der Waals surface area contributed by atoms with Gasteiger partial charge in [0, 0.05) is 17.8 Å². The first kappa shape index (κ1) is 11.9. The van der Waals surface area contributed by atoms with E-state index in [9.17, 15) is 0 Å². The lowest BCUT2D eigenvalue weighted by Gasteiger charge is -2.08. The maximum atomic E-state index is 5.74. The van der Waals surface area contributed by atoms with E-state index >= 15 is 0 Å². The van der Waals surface area contributed by atoms with Crippen LogP contribution in [0.3, 0.4) is 0 Å². The van der Waals surface area contributed by atoms with Crippen molar-refractivity contribution in [3.05, 3.63) is 47.4 Å². The van der Waals surface area contributed by atoms with Gasteiger partial charge in [-0.05, 0) is 31.5 Å². The van der Waals surface area contributed by atoms with Crippen LogP contribution in [0.25, 0.3) is 0 Å². The molecule has 1 aromatic heterocycles. The third-order valence-corrected chi connectivity index (χ3v) is 2.76. The Labute approximate surface area is 106 Å². The lowest BCUT2D eigenvalue weighted by atomic mass is 10.2. The second-order valence-corrected chi connectivity index (χ2v) is 4.17. The summed E-state index contributed by atoms with van der Waals surface area (Å²) in [5.74, 6) is 1.33. The first-order valence-corrected chi connectivity index (χ1v) is 5.94. The van der Waals surface area contributed by atoms with Crippen molar-refractivity contribution in [2.45, 2.75) is 19.7 Å². The molecule has 4 heteroatoms. The summed E-state index contributed by atoms with van der Waals surface area (Å²) in [7, 11) is 0. The van der Waals surface area contributed by atoms with Crippen molar-refractivity contribution in [2.24, 2.45) is 0 Å². The topological polar surface area (TPSA) is 37.8 Å². The Kier molecular flexibility index (Phi) is 3.59. The van der Waals surface area contributed by atoms with Crippen molar-refractivity contribution in [1.29, 1.82) is 0 Å². The highest BCUT2D eigenvalue weighted by atomic mass is 35.5. The van der Waals surface area contributed by atoms with E-state index in [0.717, 1.165) is 28.5 Å². The third-order valence-electron chi connectivity index (χ3n) is 2.45. The standard InChI is InChI=1S/C13H14ClN3/c1-9-8-15-10(2)13(16-9)17-12-5-3-11(7-14)4-6-12/h3-6,8H,7H2,1-2H3,(H,16,17). The van der Waals surface area contributed by atoms with Gasteiger partial charge in [0.15, 0.2) is 5.82 Å². The number of aryl methyl sites for hydroxylation is 2. The molecule has 0 aliphatic carbocycles. The van der Waals surface area contributed by atoms with Gasteiger partial charge < -0.3 is 5.32 Å². The van der Waals surface area contributed by atoms with E-state index < -0.39 is 0 Å². The van der Waals surface area contributed by atoms with E-state index in [1.807, 2.05) is 38.1 Å². The maximum absolute atomic E-state index is 5.74. The molecule has 2 aromatic rings. The largest absolute Gasteiger partial charge is 0.339 e. The zero-order chi connectivity index (χ0) is 12.3. The van der Waals surface area contributed by atoms with Gasteiger partial charge in [0.05, 0.1) is 11.4 Å². The van der Waals surface area contributed by atoms with Crippen molar-refractivity contribution in [3.8, 4) is 0 Å². The van der Waals surface area contributed by atoms with Gasteiger partial charge in [0.1, 0.15) is 0 Å². The molecule has 1 heterocycles. The number of rotatable bonds is 3. The molecule has 0 saturated carbocycles. The quantitative estimate of drug-likeness (QED) is 0.843. The molecule has 88 valence electrons. The summed E-state index contributed by atoms with van der Waals surface area (Å²) >= 11 is 5.74. The van der Waals surface area contributed by atoms with Crippen LogP contribution in [0.1, 0.15) is 17.0 Å². The fourth-order valence-corrected chi connectivity index (χ4v) is 1.65. The van der Waals surface area contributed by atoms with Crippen LogP contribution in [-0.2, 0) is 5.88 Å². The number of hydrogen-bond acceptors (Lipinski definition) is 3. The average Bonchev–Trinajstić information content (AvgIpc) is 2.35. The first-order valence-electron chi connectivity index (χ1n) is 5.41. The highest BCUT2D eigenvalue weighted by molar-refractivity contribution is 6.17. The number of nitrogens with one attached hydrogen (secondary N) is 1. The lowest BCUT2D eigenvalue weighted by molar-refractivity contribution is 1.07. The highest BCUT2D eigenvalue weighted by Gasteiger charge is 2.02. The van der Waals surface area contributed by atoms with Gasteiger partial charge in [-0.2, -0.15) is 0 Å². The Balaban J connectivity index is 2.22. The summed E-state index contributed by atoms with van der Waals surface area (Å²) in [5, 5.41) is 3.25. The number of alkyl halides is 1. The zero-order valence-electron chi connectivity index (χ0n) is 9.87. The second kappa shape index (κ2) is 5.15. The predicted molar refractivity (Wildman–Crippen MR) is 70.8 cm³/mol. The molecular formula is C13H14ClN3. The Bertz CT molecular complexity index is 509. The minimum Gasteiger partial charge on any atom is -0.339 e. The minimum atomic E-state index is 0.531. The minimum absolute atomic E-state index is 0.531. The molecule has 3 nitrogen and oxygen atoms in total. The number of nitrogens with zero attached hydrogens (tertiary/aromatic N) is 2. The van der Waals surface area contributed by atoms with Crippen molar-refractivity contribution in [3.63, 3.8) is 0 Å². The maximum Gasteiger partial charge on any atom is 0.152 e. The summed E-state index contributed by atoms with van der Waals surface area (Å²) in [4.78, 5) is 8.67. The number of benzene rings is 1. The van der Waals surface area contributed by atoms with E-state index in [1.54, 1.807) is 6.20 Å². The van der Waals surface area contributed by atoms with Crippen LogP contribution in [0, 0.1) is 13.8 Å². The average molecular weight is 248 g/mol. The van der Waals surface area contributed by atoms with Crippen LogP contribution < -0.4 is 5.32 Å². The molecule has 0 unspecified atom stereocenters. The molecule has 1 aromatic carbocycles. The molecule has 0 aliphatic heterocycles. The molecule has 2 rings (SSSR count). The van der Waals surface area contributed by atoms with Crippen molar-refractivity contribution in [1.82, 2.24) is 9.97 Å². The van der Waals surface area contributed by atoms with E-state index in [4.69, 9.17) is 11.6 Å². The molecule has 0 bridgehead atoms. The van der Waals surface area contributed by atoms with Gasteiger partial charge in [-0.3, -0.25) is 4.98 Å². The van der Waals surface area contributed by atoms with Crippen LogP contribution in [0.5, 0.6) is 0 Å². The predicted octanol–water partition coefficient (Wildman–Crippen LogP) is 3.58. The molecule has 0 aliphatic rings. The van der Waals surface area contributed by atoms with Crippen LogP contribution >= 0.6 is 11.6 Å². The Morgan fingerprint density at radius 3 is 2.53 bits per heavy atom. The molecular weight excluding hydrogens is 234 g/mol. The van der Waals surface area contributed by atoms with E-state index in [-0.39, 0.29) is 0 Å². The van der Waals surface area contributed by atoms with Crippen LogP contribution in [0.2, 0.25) is 0 Å². The van der Waals surface area contributed by atoms with Gasteiger partial charge in [-0.15, -0.1) is 11.6 Å². The third kappa shape index (κ3) is 2.94. The van der Waals surface area contributed by atoms with Gasteiger partial charge in [0.2, 0.25) is 0 Å². The van der Waals surface area contributed by atoms with E-state index in [0.29, 0.717) is 5.88 Å². The zero-order valence-corrected chi connectivity index (χ0v) is 10.6. The second-order valence-electron chi connectivity index (χ2n) is 3.90. The van der Waals surface area contributed by atoms with Gasteiger partial charge >= 0.3 is 0 Å². The van der Waals surface area contributed by atoms with Crippen molar-refractivity contribution in [2.75, 3.05) is 5.32 Å². The monoisotopic (exact) mass is 247 g/mol. The molecule has 0 spiro atoms. The SMILES string of the molecule is Cc1cnc(C)c(Nc2ccc(CCl)cc2)n1. The molecule has 17 heavy (non-hydrogen) atoms. The first-order chi connectivity index (χ1) is 8.19. The van der Waals surface area contributed by atoms with Crippen molar-refractivity contribution < 1.29 is 0 Å². The van der Waals surface area contributed by atoms with E-state index in [2.05, 4.69) is 15.3 Å². The number of aromatic nitrogens is 2. The lowest BCUT2D eigenvalue weighted by Crippen LogP contribution is -1.99. The van der Waals surface area contributed by atoms with Crippen LogP contribution in [0.4, 0.5) is 11.5 Å². The highest BCUT2D eigenvalue weighted by Crippen LogP contribution is 2.18. The Hall–Kier alpha value is -1.61. The summed E-state index contributed by atoms with van der Waals surface area (Å²) in [6.07, 6.45) is 1.76. The molecule has 0 fully saturated rings. The molecule has 0 saturated heterocycles. The Morgan fingerprint density at radius 1 is 1.18 bits per heavy atom. The number of halogens is 1. The van der Waals surface area contributed by atoms with Gasteiger partial charge in [-0.25, -0.2) is 4.98 Å².